The van der Waals surface area contributed by atoms with E-state index in [1.165, 1.54) is 12.1 Å². The summed E-state index contributed by atoms with van der Waals surface area (Å²) < 4.78 is 0. The molecule has 0 heterocycles. The van der Waals surface area contributed by atoms with Crippen LogP contribution >= 0.6 is 25.3 Å². The summed E-state index contributed by atoms with van der Waals surface area (Å²) in [6.45, 7) is 3.65. The van der Waals surface area contributed by atoms with Crippen molar-refractivity contribution in [3.8, 4) is 5.75 Å². The lowest BCUT2D eigenvalue weighted by Gasteiger charge is -2.25. The molecule has 3 amide bonds. The average Bonchev–Trinajstić information content (AvgIpc) is 2.76. The summed E-state index contributed by atoms with van der Waals surface area (Å²) in [5, 5.41) is 26.3. The number of benzene rings is 1. The Morgan fingerprint density at radius 2 is 1.39 bits per heavy atom. The van der Waals surface area contributed by atoms with Crippen LogP contribution in [0.15, 0.2) is 24.3 Å². The molecule has 184 valence electrons. The van der Waals surface area contributed by atoms with Gasteiger partial charge in [0.15, 0.2) is 0 Å². The molecule has 33 heavy (non-hydrogen) atoms. The zero-order valence-electron chi connectivity index (χ0n) is 18.5. The maximum Gasteiger partial charge on any atom is 0.326 e. The number of carboxylic acid groups (broad SMARTS) is 1. The van der Waals surface area contributed by atoms with Crippen molar-refractivity contribution in [1.82, 2.24) is 16.0 Å². The minimum atomic E-state index is -1.18. The summed E-state index contributed by atoms with van der Waals surface area (Å²) in [5.41, 5.74) is 6.33. The van der Waals surface area contributed by atoms with Crippen LogP contribution in [-0.2, 0) is 25.6 Å². The number of nitrogens with one attached hydrogen (secondary N) is 3. The van der Waals surface area contributed by atoms with Gasteiger partial charge < -0.3 is 31.9 Å². The second-order valence-electron chi connectivity index (χ2n) is 7.99. The number of hydrogen-bond acceptors (Lipinski definition) is 8. The molecular formula is C21H32N4O6S2. The van der Waals surface area contributed by atoms with E-state index in [2.05, 4.69) is 41.2 Å². The fraction of sp³-hybridized carbons (Fsp3) is 0.524. The number of aromatic hydroxyl groups is 1. The first-order chi connectivity index (χ1) is 15.5. The molecule has 0 aliphatic carbocycles. The molecule has 12 heteroatoms. The Kier molecular flexibility index (Phi) is 12.1. The van der Waals surface area contributed by atoms with Crippen molar-refractivity contribution in [2.24, 2.45) is 11.7 Å². The highest BCUT2D eigenvalue weighted by Gasteiger charge is 2.30. The Hall–Kier alpha value is -2.44. The third-order valence-corrected chi connectivity index (χ3v) is 5.44. The number of aliphatic carboxylic acids is 1. The number of amides is 3. The van der Waals surface area contributed by atoms with Gasteiger partial charge in [-0.15, -0.1) is 0 Å². The normalized spacial score (nSPS) is 14.6. The third kappa shape index (κ3) is 9.93. The maximum absolute atomic E-state index is 13.0. The molecule has 1 aromatic rings. The van der Waals surface area contributed by atoms with E-state index < -0.39 is 47.9 Å². The molecule has 4 unspecified atom stereocenters. The Labute approximate surface area is 203 Å². The smallest absolute Gasteiger partial charge is 0.326 e. The molecule has 0 saturated carbocycles. The average molecular weight is 501 g/mol. The number of phenolic OH excluding ortho intramolecular Hbond substituents is 1. The summed E-state index contributed by atoms with van der Waals surface area (Å²) in [6, 6.07) is 1.78. The summed E-state index contributed by atoms with van der Waals surface area (Å²) >= 11 is 8.09. The van der Waals surface area contributed by atoms with E-state index in [9.17, 15) is 29.4 Å². The molecule has 10 nitrogen and oxygen atoms in total. The zero-order valence-corrected chi connectivity index (χ0v) is 20.3. The summed E-state index contributed by atoms with van der Waals surface area (Å²) in [4.78, 5) is 49.3. The minimum Gasteiger partial charge on any atom is -0.508 e. The van der Waals surface area contributed by atoms with Crippen molar-refractivity contribution in [2.45, 2.75) is 50.9 Å². The van der Waals surface area contributed by atoms with Crippen molar-refractivity contribution < 1.29 is 29.4 Å². The molecule has 0 saturated heterocycles. The van der Waals surface area contributed by atoms with Crippen molar-refractivity contribution in [3.05, 3.63) is 29.8 Å². The maximum atomic E-state index is 13.0. The van der Waals surface area contributed by atoms with E-state index in [0.717, 1.165) is 0 Å². The van der Waals surface area contributed by atoms with Gasteiger partial charge in [0.1, 0.15) is 23.9 Å². The van der Waals surface area contributed by atoms with Gasteiger partial charge in [-0.1, -0.05) is 26.0 Å². The predicted molar refractivity (Wildman–Crippen MR) is 130 cm³/mol. The van der Waals surface area contributed by atoms with E-state index in [4.69, 9.17) is 5.73 Å². The number of rotatable bonds is 13. The summed E-state index contributed by atoms with van der Waals surface area (Å²) in [7, 11) is 0. The number of nitrogens with two attached hydrogens (primary N) is 1. The van der Waals surface area contributed by atoms with Crippen LogP contribution in [-0.4, -0.2) is 69.6 Å². The van der Waals surface area contributed by atoms with Gasteiger partial charge in [0.05, 0.1) is 6.04 Å². The van der Waals surface area contributed by atoms with Crippen LogP contribution < -0.4 is 21.7 Å². The molecule has 0 aromatic heterocycles. The lowest BCUT2D eigenvalue weighted by Crippen LogP contribution is -2.58. The molecule has 0 fully saturated rings. The molecule has 0 aliphatic heterocycles. The number of phenols is 1. The quantitative estimate of drug-likeness (QED) is 0.172. The molecular weight excluding hydrogens is 468 g/mol. The van der Waals surface area contributed by atoms with Gasteiger partial charge >= 0.3 is 5.97 Å². The minimum absolute atomic E-state index is 0.0244. The van der Waals surface area contributed by atoms with Crippen LogP contribution in [0.3, 0.4) is 0 Å². The predicted octanol–water partition coefficient (Wildman–Crippen LogP) is -0.293. The van der Waals surface area contributed by atoms with Crippen molar-refractivity contribution >= 4 is 48.9 Å². The number of carboxylic acids is 1. The zero-order chi connectivity index (χ0) is 25.1. The van der Waals surface area contributed by atoms with Gasteiger partial charge in [-0.05, 0) is 30.0 Å². The molecule has 0 spiro atoms. The van der Waals surface area contributed by atoms with E-state index in [-0.39, 0.29) is 36.0 Å². The second-order valence-corrected chi connectivity index (χ2v) is 8.72. The Morgan fingerprint density at radius 3 is 1.88 bits per heavy atom. The molecule has 7 N–H and O–H groups in total. The number of hydrogen-bond donors (Lipinski definition) is 8. The van der Waals surface area contributed by atoms with Gasteiger partial charge in [0.25, 0.3) is 0 Å². The van der Waals surface area contributed by atoms with Gasteiger partial charge in [-0.2, -0.15) is 25.3 Å². The Morgan fingerprint density at radius 1 is 0.879 bits per heavy atom. The number of thiol groups is 2. The molecule has 1 rings (SSSR count). The van der Waals surface area contributed by atoms with Crippen molar-refractivity contribution in [1.29, 1.82) is 0 Å². The van der Waals surface area contributed by atoms with E-state index in [0.29, 0.717) is 5.56 Å². The number of carbonyl (C=O) groups is 4. The SMILES string of the molecule is CC(C)CC(NC(=O)C(CS)NC(=O)C(Cc1ccc(O)cc1)NC(=O)C(N)CS)C(=O)O. The molecule has 1 aromatic carbocycles. The van der Waals surface area contributed by atoms with Gasteiger partial charge in [0, 0.05) is 17.9 Å². The van der Waals surface area contributed by atoms with Crippen LogP contribution in [0.1, 0.15) is 25.8 Å². The standard InChI is InChI=1S/C21H32N4O6S2/c1-11(2)7-16(21(30)31)24-20(29)17(10-33)25-19(28)15(23-18(27)14(22)9-32)8-12-3-5-13(26)6-4-12/h3-6,11,14-17,26,32-33H,7-10,22H2,1-2H3,(H,23,27)(H,24,29)(H,25,28)(H,30,31). The van der Waals surface area contributed by atoms with Crippen molar-refractivity contribution in [2.75, 3.05) is 11.5 Å². The Bertz CT molecular complexity index is 821. The van der Waals surface area contributed by atoms with Crippen LogP contribution in [0, 0.1) is 5.92 Å². The molecule has 4 atom stereocenters. The first-order valence-electron chi connectivity index (χ1n) is 10.4. The van der Waals surface area contributed by atoms with Gasteiger partial charge in [-0.3, -0.25) is 14.4 Å². The lowest BCUT2D eigenvalue weighted by molar-refractivity contribution is -0.142. The van der Waals surface area contributed by atoms with Gasteiger partial charge in [-0.25, -0.2) is 4.79 Å². The first-order valence-corrected chi connectivity index (χ1v) is 11.6. The largest absolute Gasteiger partial charge is 0.508 e. The monoisotopic (exact) mass is 500 g/mol. The molecule has 0 bridgehead atoms. The number of carbonyl (C=O) groups excluding carboxylic acids is 3. The lowest BCUT2D eigenvalue weighted by atomic mass is 10.0. The van der Waals surface area contributed by atoms with E-state index >= 15 is 0 Å². The summed E-state index contributed by atoms with van der Waals surface area (Å²) in [5.74, 6) is -3.12. The van der Waals surface area contributed by atoms with Crippen molar-refractivity contribution in [3.63, 3.8) is 0 Å². The molecule has 0 aliphatic rings. The van der Waals surface area contributed by atoms with Crippen LogP contribution in [0.4, 0.5) is 0 Å². The topological polar surface area (TPSA) is 171 Å². The van der Waals surface area contributed by atoms with Gasteiger partial charge in [0.2, 0.25) is 17.7 Å². The fourth-order valence-corrected chi connectivity index (χ4v) is 3.29. The third-order valence-electron chi connectivity index (χ3n) is 4.68. The van der Waals surface area contributed by atoms with Crippen LogP contribution in [0.5, 0.6) is 5.75 Å². The van der Waals surface area contributed by atoms with E-state index in [1.807, 2.05) is 13.8 Å². The summed E-state index contributed by atoms with van der Waals surface area (Å²) in [6.07, 6.45) is 0.276. The van der Waals surface area contributed by atoms with E-state index in [1.54, 1.807) is 12.1 Å². The fourth-order valence-electron chi connectivity index (χ4n) is 2.87. The first kappa shape index (κ1) is 28.6. The highest BCUT2D eigenvalue weighted by Crippen LogP contribution is 2.12. The molecule has 0 radical (unpaired) electrons. The highest BCUT2D eigenvalue weighted by molar-refractivity contribution is 7.80. The Balaban J connectivity index is 2.98. The van der Waals surface area contributed by atoms with Crippen LogP contribution in [0.25, 0.3) is 0 Å². The van der Waals surface area contributed by atoms with Crippen LogP contribution in [0.2, 0.25) is 0 Å². The highest BCUT2D eigenvalue weighted by atomic mass is 32.1. The second kappa shape index (κ2) is 14.0.